The fraction of sp³-hybridized carbons (Fsp3) is 0.556. The molecular formula is C18H26N6OSi. The molecule has 0 aromatic carbocycles. The molecule has 1 fully saturated rings. The van der Waals surface area contributed by atoms with E-state index in [0.29, 0.717) is 6.73 Å². The Morgan fingerprint density at radius 3 is 2.81 bits per heavy atom. The van der Waals surface area contributed by atoms with E-state index in [9.17, 15) is 0 Å². The molecule has 0 N–H and O–H groups in total. The van der Waals surface area contributed by atoms with E-state index in [-0.39, 0.29) is 0 Å². The summed E-state index contributed by atoms with van der Waals surface area (Å²) in [5.74, 6) is 0.825. The third-order valence-corrected chi connectivity index (χ3v) is 6.38. The van der Waals surface area contributed by atoms with Crippen LogP contribution in [0.1, 0.15) is 12.8 Å². The molecule has 7 nitrogen and oxygen atoms in total. The zero-order valence-electron chi connectivity index (χ0n) is 15.7. The molecule has 0 unspecified atom stereocenters. The van der Waals surface area contributed by atoms with Crippen LogP contribution in [0.15, 0.2) is 24.8 Å². The Morgan fingerprint density at radius 1 is 1.19 bits per heavy atom. The van der Waals surface area contributed by atoms with Gasteiger partial charge in [-0.3, -0.25) is 4.98 Å². The highest BCUT2D eigenvalue weighted by molar-refractivity contribution is 6.76. The monoisotopic (exact) mass is 370 g/mol. The predicted molar refractivity (Wildman–Crippen MR) is 103 cm³/mol. The summed E-state index contributed by atoms with van der Waals surface area (Å²) in [5.41, 5.74) is 3.44. The van der Waals surface area contributed by atoms with E-state index in [4.69, 9.17) is 4.74 Å². The Kier molecular flexibility index (Phi) is 4.62. The summed E-state index contributed by atoms with van der Waals surface area (Å²) in [7, 11) is -1.08. The van der Waals surface area contributed by atoms with Crippen molar-refractivity contribution in [1.82, 2.24) is 29.5 Å². The van der Waals surface area contributed by atoms with Gasteiger partial charge < -0.3 is 9.30 Å². The van der Waals surface area contributed by atoms with Crippen LogP contribution in [0.5, 0.6) is 0 Å². The molecule has 0 aliphatic heterocycles. The molecule has 4 rings (SSSR count). The molecule has 3 aromatic heterocycles. The number of nitrogens with zero attached hydrogens (tertiary/aromatic N) is 6. The molecule has 3 aromatic rings. The molecule has 0 saturated heterocycles. The molecule has 138 valence electrons. The van der Waals surface area contributed by atoms with Crippen LogP contribution in [0.3, 0.4) is 0 Å². The number of imidazole rings is 1. The minimum absolute atomic E-state index is 0.417. The number of pyridine rings is 1. The molecule has 1 aliphatic carbocycles. The van der Waals surface area contributed by atoms with Crippen LogP contribution >= 0.6 is 0 Å². The van der Waals surface area contributed by atoms with E-state index in [0.717, 1.165) is 47.5 Å². The van der Waals surface area contributed by atoms with Crippen molar-refractivity contribution < 1.29 is 4.74 Å². The van der Waals surface area contributed by atoms with E-state index in [1.54, 1.807) is 10.9 Å². The largest absolute Gasteiger partial charge is 0.359 e. The fourth-order valence-electron chi connectivity index (χ4n) is 2.83. The van der Waals surface area contributed by atoms with Crippen LogP contribution in [0.2, 0.25) is 25.7 Å². The normalized spacial score (nSPS) is 15.0. The van der Waals surface area contributed by atoms with Crippen molar-refractivity contribution in [3.63, 3.8) is 0 Å². The van der Waals surface area contributed by atoms with E-state index in [1.165, 1.54) is 12.8 Å². The maximum absolute atomic E-state index is 5.82. The summed E-state index contributed by atoms with van der Waals surface area (Å²) in [6, 6.07) is 3.14. The van der Waals surface area contributed by atoms with Crippen molar-refractivity contribution in [1.29, 1.82) is 0 Å². The summed E-state index contributed by atoms with van der Waals surface area (Å²) >= 11 is 0. The van der Waals surface area contributed by atoms with E-state index in [1.807, 2.05) is 12.4 Å². The maximum Gasteiger partial charge on any atom is 0.141 e. The zero-order chi connectivity index (χ0) is 18.1. The first kappa shape index (κ1) is 17.4. The van der Waals surface area contributed by atoms with Crippen LogP contribution in [-0.2, 0) is 18.0 Å². The second kappa shape index (κ2) is 6.92. The van der Waals surface area contributed by atoms with Gasteiger partial charge in [-0.05, 0) is 30.9 Å². The highest BCUT2D eigenvalue weighted by atomic mass is 28.3. The topological polar surface area (TPSA) is 70.7 Å². The first-order valence-electron chi connectivity index (χ1n) is 9.27. The summed E-state index contributed by atoms with van der Waals surface area (Å²) in [6.45, 7) is 9.28. The van der Waals surface area contributed by atoms with Gasteiger partial charge in [-0.2, -0.15) is 0 Å². The third kappa shape index (κ3) is 4.18. The number of rotatable bonds is 8. The first-order chi connectivity index (χ1) is 12.5. The van der Waals surface area contributed by atoms with Gasteiger partial charge in [0.05, 0.1) is 23.7 Å². The quantitative estimate of drug-likeness (QED) is 0.449. The Balaban J connectivity index is 1.48. The van der Waals surface area contributed by atoms with Gasteiger partial charge in [-0.15, -0.1) is 5.10 Å². The zero-order valence-corrected chi connectivity index (χ0v) is 16.7. The molecule has 0 spiro atoms. The lowest BCUT2D eigenvalue weighted by molar-refractivity contribution is 0.0803. The van der Waals surface area contributed by atoms with Gasteiger partial charge in [0.25, 0.3) is 0 Å². The van der Waals surface area contributed by atoms with Crippen molar-refractivity contribution in [3.05, 3.63) is 24.8 Å². The van der Waals surface area contributed by atoms with Gasteiger partial charge in [-0.25, -0.2) is 9.67 Å². The Bertz CT molecular complexity index is 893. The average molecular weight is 371 g/mol. The molecular weight excluding hydrogens is 344 g/mol. The minimum Gasteiger partial charge on any atom is -0.359 e. The fourth-order valence-corrected chi connectivity index (χ4v) is 3.58. The second-order valence-corrected chi connectivity index (χ2v) is 14.0. The van der Waals surface area contributed by atoms with Gasteiger partial charge in [0.15, 0.2) is 0 Å². The molecule has 0 bridgehead atoms. The molecule has 0 amide bonds. The number of aromatic nitrogens is 6. The summed E-state index contributed by atoms with van der Waals surface area (Å²) < 4.78 is 9.78. The van der Waals surface area contributed by atoms with Crippen molar-refractivity contribution in [2.75, 3.05) is 6.61 Å². The second-order valence-electron chi connectivity index (χ2n) is 8.39. The van der Waals surface area contributed by atoms with Crippen molar-refractivity contribution in [3.8, 4) is 11.4 Å². The Labute approximate surface area is 154 Å². The highest BCUT2D eigenvalue weighted by Gasteiger charge is 2.22. The number of ether oxygens (including phenoxy) is 1. The van der Waals surface area contributed by atoms with Gasteiger partial charge >= 0.3 is 0 Å². The molecule has 0 radical (unpaired) electrons. The standard InChI is InChI=1S/C18H26N6OSi/c1-26(2,3)7-6-25-13-24-18-8-15(19-9-16(18)21-22-24)17-11-23(12-20-17)10-14-4-5-14/h8-9,11-12,14H,4-7,10,13H2,1-3H3. The maximum atomic E-state index is 5.82. The third-order valence-electron chi connectivity index (χ3n) is 4.67. The predicted octanol–water partition coefficient (Wildman–Crippen LogP) is 3.41. The van der Waals surface area contributed by atoms with E-state index in [2.05, 4.69) is 50.7 Å². The van der Waals surface area contributed by atoms with Crippen LogP contribution in [0.4, 0.5) is 0 Å². The van der Waals surface area contributed by atoms with Gasteiger partial charge in [0.2, 0.25) is 0 Å². The Hall–Kier alpha value is -2.06. The van der Waals surface area contributed by atoms with Crippen LogP contribution in [0.25, 0.3) is 22.4 Å². The van der Waals surface area contributed by atoms with Crippen molar-refractivity contribution in [2.24, 2.45) is 5.92 Å². The summed E-state index contributed by atoms with van der Waals surface area (Å²) in [5, 5.41) is 8.39. The molecule has 1 saturated carbocycles. The lowest BCUT2D eigenvalue weighted by atomic mass is 10.2. The first-order valence-corrected chi connectivity index (χ1v) is 13.0. The lowest BCUT2D eigenvalue weighted by Gasteiger charge is -2.15. The van der Waals surface area contributed by atoms with Gasteiger partial charge in [0.1, 0.15) is 17.9 Å². The van der Waals surface area contributed by atoms with Crippen molar-refractivity contribution in [2.45, 2.75) is 51.8 Å². The number of hydrogen-bond acceptors (Lipinski definition) is 5. The molecule has 8 heteroatoms. The van der Waals surface area contributed by atoms with Crippen molar-refractivity contribution >= 4 is 19.1 Å². The summed E-state index contributed by atoms with van der Waals surface area (Å²) in [6.07, 6.45) is 8.40. The van der Waals surface area contributed by atoms with E-state index < -0.39 is 8.07 Å². The SMILES string of the molecule is C[Si](C)(C)CCOCn1nnc2cnc(-c3cn(CC4CC4)cn3)cc21. The molecule has 0 atom stereocenters. The average Bonchev–Trinajstić information content (AvgIpc) is 3.13. The van der Waals surface area contributed by atoms with Crippen LogP contribution < -0.4 is 0 Å². The van der Waals surface area contributed by atoms with Crippen LogP contribution in [-0.4, -0.2) is 44.2 Å². The molecule has 1 aliphatic rings. The number of hydrogen-bond donors (Lipinski definition) is 0. The molecule has 26 heavy (non-hydrogen) atoms. The highest BCUT2D eigenvalue weighted by Crippen LogP contribution is 2.31. The van der Waals surface area contributed by atoms with Gasteiger partial charge in [-0.1, -0.05) is 24.9 Å². The number of fused-ring (bicyclic) bond motifs is 1. The minimum atomic E-state index is -1.08. The summed E-state index contributed by atoms with van der Waals surface area (Å²) in [4.78, 5) is 9.01. The van der Waals surface area contributed by atoms with Crippen LogP contribution in [0, 0.1) is 5.92 Å². The molecule has 3 heterocycles. The lowest BCUT2D eigenvalue weighted by Crippen LogP contribution is -2.22. The Morgan fingerprint density at radius 2 is 2.04 bits per heavy atom. The van der Waals surface area contributed by atoms with Gasteiger partial charge in [0, 0.05) is 27.4 Å². The smallest absolute Gasteiger partial charge is 0.141 e. The van der Waals surface area contributed by atoms with E-state index >= 15 is 0 Å².